The molecule has 0 aliphatic carbocycles. The zero-order valence-corrected chi connectivity index (χ0v) is 29.1. The molecule has 246 valence electrons. The van der Waals surface area contributed by atoms with E-state index < -0.39 is 11.8 Å². The number of ketones is 1. The summed E-state index contributed by atoms with van der Waals surface area (Å²) in [5, 5.41) is 10.4. The molecular weight excluding hydrogens is 592 g/mol. The highest BCUT2D eigenvalue weighted by molar-refractivity contribution is 7.27. The number of fused-ring (bicyclic) bond motifs is 2. The number of aromatic amines is 1. The molecule has 1 aromatic carbocycles. The molecule has 10 heteroatoms. The van der Waals surface area contributed by atoms with E-state index in [2.05, 4.69) is 53.8 Å². The molecule has 1 atom stereocenters. The van der Waals surface area contributed by atoms with Crippen LogP contribution < -0.4 is 10.2 Å². The van der Waals surface area contributed by atoms with E-state index in [4.69, 9.17) is 9.59 Å². The Kier molecular flexibility index (Phi) is 19.0. The molecule has 0 fully saturated rings. The number of rotatable bonds is 6. The lowest BCUT2D eigenvalue weighted by atomic mass is 9.90. The van der Waals surface area contributed by atoms with Crippen molar-refractivity contribution in [1.82, 2.24) is 9.97 Å². The molecule has 8 nitrogen and oxygen atoms in total. The number of hydrogen-bond acceptors (Lipinski definition) is 6. The van der Waals surface area contributed by atoms with Gasteiger partial charge in [-0.3, -0.25) is 4.79 Å². The van der Waals surface area contributed by atoms with Crippen LogP contribution in [0.4, 0.5) is 15.9 Å². The van der Waals surface area contributed by atoms with Crippen molar-refractivity contribution >= 4 is 57.0 Å². The minimum absolute atomic E-state index is 0.0897. The Balaban J connectivity index is 0.00000128. The van der Waals surface area contributed by atoms with Gasteiger partial charge < -0.3 is 24.6 Å². The topological polar surface area (TPSA) is 120 Å². The number of nitrogens with zero attached hydrogens (tertiary/aromatic N) is 2. The van der Waals surface area contributed by atoms with Gasteiger partial charge >= 0.3 is 5.97 Å². The molecular formula is C35H49FN3O5P. The highest BCUT2D eigenvalue weighted by atomic mass is 31.0. The first-order valence-corrected chi connectivity index (χ1v) is 15.6. The number of allylic oxidation sites excluding steroid dienone is 1. The standard InChI is InChI=1S/C24H23FN3O3P.C5H12.C4H10.2CH2O/c1-4-13-6-18-16(5-2)21-14(9-26-22(21)12(3)29)11-28(20(18)8-17(13)24(30)31)23-19(25)7-15(32)10-27-23;1-4-5(2)3;1-3-4-2;2*1-2/h5-10,26H,4,11,32H2,1-3H3,(H,30,31);5H,4H2,1-3H3;3-4H2,1-2H3;2*1H2/b16-5-;;;;. The summed E-state index contributed by atoms with van der Waals surface area (Å²) in [6.45, 7) is 20.5. The minimum atomic E-state index is -1.05. The van der Waals surface area contributed by atoms with Crippen LogP contribution in [0.2, 0.25) is 0 Å². The summed E-state index contributed by atoms with van der Waals surface area (Å²) in [5.74, 6) is -0.709. The summed E-state index contributed by atoms with van der Waals surface area (Å²) in [6, 6.07) is 4.78. The van der Waals surface area contributed by atoms with Crippen LogP contribution in [0.5, 0.6) is 0 Å². The Morgan fingerprint density at radius 3 is 2.11 bits per heavy atom. The number of Topliss-reactive ketones (excluding diaryl/α,β-unsaturated/α-hetero) is 1. The number of anilines is 2. The summed E-state index contributed by atoms with van der Waals surface area (Å²) in [4.78, 5) is 49.4. The normalized spacial score (nSPS) is 12.0. The fourth-order valence-electron chi connectivity index (χ4n) is 4.26. The molecule has 0 radical (unpaired) electrons. The van der Waals surface area contributed by atoms with E-state index in [0.717, 1.165) is 28.2 Å². The molecule has 0 bridgehead atoms. The average Bonchev–Trinajstić information content (AvgIpc) is 3.40. The lowest BCUT2D eigenvalue weighted by Crippen LogP contribution is -2.21. The summed E-state index contributed by atoms with van der Waals surface area (Å²) in [6.07, 6.45) is 9.65. The molecule has 0 saturated heterocycles. The van der Waals surface area contributed by atoms with E-state index in [9.17, 15) is 14.7 Å². The van der Waals surface area contributed by atoms with Crippen molar-refractivity contribution in [2.24, 2.45) is 5.92 Å². The maximum absolute atomic E-state index is 15.0. The molecule has 3 aromatic rings. The molecule has 0 amide bonds. The van der Waals surface area contributed by atoms with Crippen LogP contribution in [0.15, 0.2) is 36.7 Å². The van der Waals surface area contributed by atoms with Gasteiger partial charge in [-0.1, -0.05) is 66.9 Å². The second-order valence-electron chi connectivity index (χ2n) is 10.5. The second-order valence-corrected chi connectivity index (χ2v) is 11.1. The largest absolute Gasteiger partial charge is 0.478 e. The molecule has 1 unspecified atom stereocenters. The van der Waals surface area contributed by atoms with Crippen molar-refractivity contribution in [3.63, 3.8) is 0 Å². The fourth-order valence-corrected chi connectivity index (χ4v) is 4.48. The molecule has 45 heavy (non-hydrogen) atoms. The molecule has 2 N–H and O–H groups in total. The minimum Gasteiger partial charge on any atom is -0.478 e. The number of unbranched alkanes of at least 4 members (excludes halogenated alkanes) is 1. The van der Waals surface area contributed by atoms with Gasteiger partial charge in [-0.05, 0) is 59.5 Å². The maximum Gasteiger partial charge on any atom is 0.336 e. The third-order valence-electron chi connectivity index (χ3n) is 7.03. The first-order valence-electron chi connectivity index (χ1n) is 15.0. The monoisotopic (exact) mass is 641 g/mol. The number of carbonyl (C=O) groups is 4. The third-order valence-corrected chi connectivity index (χ3v) is 7.35. The molecule has 1 aliphatic rings. The number of benzene rings is 1. The Morgan fingerprint density at radius 1 is 1.11 bits per heavy atom. The first-order chi connectivity index (χ1) is 21.4. The number of hydrogen-bond donors (Lipinski definition) is 2. The lowest BCUT2D eigenvalue weighted by molar-refractivity contribution is -0.0987. The van der Waals surface area contributed by atoms with Crippen molar-refractivity contribution in [1.29, 1.82) is 0 Å². The van der Waals surface area contributed by atoms with E-state index in [1.165, 1.54) is 32.3 Å². The van der Waals surface area contributed by atoms with Gasteiger partial charge in [0.1, 0.15) is 13.6 Å². The van der Waals surface area contributed by atoms with Crippen molar-refractivity contribution < 1.29 is 28.7 Å². The predicted octanol–water partition coefficient (Wildman–Crippen LogP) is 8.10. The number of nitrogens with one attached hydrogen (secondary N) is 1. The van der Waals surface area contributed by atoms with E-state index in [1.54, 1.807) is 23.4 Å². The number of halogens is 1. The van der Waals surface area contributed by atoms with Crippen LogP contribution in [0.25, 0.3) is 5.57 Å². The highest BCUT2D eigenvalue weighted by Gasteiger charge is 2.31. The Hall–Kier alpha value is -3.97. The number of pyridine rings is 1. The van der Waals surface area contributed by atoms with Crippen molar-refractivity contribution in [2.75, 3.05) is 4.90 Å². The van der Waals surface area contributed by atoms with Gasteiger partial charge in [0.15, 0.2) is 17.4 Å². The van der Waals surface area contributed by atoms with Crippen LogP contribution in [-0.2, 0) is 22.6 Å². The number of aromatic carboxylic acids is 1. The lowest BCUT2D eigenvalue weighted by Gasteiger charge is -2.26. The third kappa shape index (κ3) is 10.9. The number of aromatic nitrogens is 2. The average molecular weight is 642 g/mol. The van der Waals surface area contributed by atoms with E-state index in [-0.39, 0.29) is 23.7 Å². The maximum atomic E-state index is 15.0. The van der Waals surface area contributed by atoms with Gasteiger partial charge in [-0.15, -0.1) is 9.24 Å². The summed E-state index contributed by atoms with van der Waals surface area (Å²) in [7, 11) is 2.41. The van der Waals surface area contributed by atoms with Crippen molar-refractivity contribution in [2.45, 2.75) is 87.6 Å². The molecule has 4 rings (SSSR count). The van der Waals surface area contributed by atoms with E-state index >= 15 is 4.39 Å². The summed E-state index contributed by atoms with van der Waals surface area (Å²) >= 11 is 0. The zero-order chi connectivity index (χ0) is 34.9. The van der Waals surface area contributed by atoms with Crippen molar-refractivity contribution in [3.8, 4) is 0 Å². The first kappa shape index (κ1) is 41.0. The molecule has 0 spiro atoms. The van der Waals surface area contributed by atoms with E-state index in [1.807, 2.05) is 39.6 Å². The van der Waals surface area contributed by atoms with Gasteiger partial charge in [0.25, 0.3) is 0 Å². The predicted molar refractivity (Wildman–Crippen MR) is 186 cm³/mol. The summed E-state index contributed by atoms with van der Waals surface area (Å²) in [5.41, 5.74) is 4.88. The van der Waals surface area contributed by atoms with Crippen molar-refractivity contribution in [3.05, 3.63) is 76.0 Å². The fraction of sp³-hybridized carbons (Fsp3) is 0.400. The summed E-state index contributed by atoms with van der Waals surface area (Å²) < 4.78 is 15.0. The van der Waals surface area contributed by atoms with Crippen LogP contribution >= 0.6 is 9.24 Å². The van der Waals surface area contributed by atoms with Gasteiger partial charge in [-0.2, -0.15) is 0 Å². The number of aryl methyl sites for hydroxylation is 1. The second kappa shape index (κ2) is 20.9. The smallest absolute Gasteiger partial charge is 0.336 e. The highest BCUT2D eigenvalue weighted by Crippen LogP contribution is 2.44. The molecule has 0 saturated carbocycles. The van der Waals surface area contributed by atoms with Gasteiger partial charge in [-0.25, -0.2) is 14.2 Å². The quantitative estimate of drug-likeness (QED) is 0.206. The number of carboxylic acid groups (broad SMARTS) is 1. The van der Waals surface area contributed by atoms with Crippen LogP contribution in [0.3, 0.4) is 0 Å². The van der Waals surface area contributed by atoms with Crippen LogP contribution in [-0.4, -0.2) is 40.4 Å². The van der Waals surface area contributed by atoms with Gasteiger partial charge in [0, 0.05) is 30.4 Å². The SMILES string of the molecule is C/C=C1/c2cc(CC)c(C(=O)O)cc2N(c2ncc(P)cc2F)Cc2c[nH]c(C(C)=O)c21.C=O.C=O.CCC(C)C.CCCC. The van der Waals surface area contributed by atoms with E-state index in [0.29, 0.717) is 28.7 Å². The number of carboxylic acids is 1. The Morgan fingerprint density at radius 2 is 1.69 bits per heavy atom. The molecule has 1 aliphatic heterocycles. The number of H-pyrrole nitrogens is 1. The van der Waals surface area contributed by atoms with Gasteiger partial charge in [0.05, 0.1) is 23.5 Å². The number of carbonyl (C=O) groups excluding carboxylic acids is 3. The van der Waals surface area contributed by atoms with Crippen LogP contribution in [0, 0.1) is 11.7 Å². The Labute approximate surface area is 269 Å². The van der Waals surface area contributed by atoms with Crippen LogP contribution in [0.1, 0.15) is 118 Å². The zero-order valence-electron chi connectivity index (χ0n) is 27.9. The molecule has 2 aromatic heterocycles. The Bertz CT molecular complexity index is 1430. The molecule has 3 heterocycles. The van der Waals surface area contributed by atoms with Gasteiger partial charge in [0.2, 0.25) is 0 Å².